The van der Waals surface area contributed by atoms with Gasteiger partial charge in [0.05, 0.1) is 6.21 Å². The Morgan fingerprint density at radius 2 is 2.21 bits per heavy atom. The Morgan fingerprint density at radius 1 is 1.42 bits per heavy atom. The number of nitrogens with zero attached hydrogens (tertiary/aromatic N) is 2. The lowest BCUT2D eigenvalue weighted by Gasteiger charge is -2.07. The van der Waals surface area contributed by atoms with Gasteiger partial charge in [0.25, 0.3) is 0 Å². The van der Waals surface area contributed by atoms with Crippen LogP contribution in [0.15, 0.2) is 45.9 Å². The van der Waals surface area contributed by atoms with E-state index in [-0.39, 0.29) is 5.11 Å². The first-order valence-corrected chi connectivity index (χ1v) is 6.28. The highest BCUT2D eigenvalue weighted by Gasteiger charge is 2.04. The average Bonchev–Trinajstić information content (AvgIpc) is 2.84. The maximum absolute atomic E-state index is 5.94. The second-order valence-corrected chi connectivity index (χ2v) is 4.67. The van der Waals surface area contributed by atoms with Crippen molar-refractivity contribution in [1.82, 2.24) is 5.01 Å². The summed E-state index contributed by atoms with van der Waals surface area (Å²) in [5.74, 6) is 1.33. The molecule has 4 nitrogen and oxygen atoms in total. The molecular formula is C13H12ClN3OS. The van der Waals surface area contributed by atoms with Gasteiger partial charge in [0.15, 0.2) is 5.11 Å². The lowest BCUT2D eigenvalue weighted by atomic mass is 10.2. The largest absolute Gasteiger partial charge is 0.455 e. The fourth-order valence-electron chi connectivity index (χ4n) is 1.42. The molecule has 0 fully saturated rings. The van der Waals surface area contributed by atoms with Gasteiger partial charge in [0.2, 0.25) is 0 Å². The van der Waals surface area contributed by atoms with E-state index in [1.165, 1.54) is 5.01 Å². The number of halogens is 1. The smallest absolute Gasteiger partial charge is 0.186 e. The van der Waals surface area contributed by atoms with E-state index in [4.69, 9.17) is 34.0 Å². The molecule has 0 aliphatic heterocycles. The number of rotatable bonds is 3. The zero-order valence-electron chi connectivity index (χ0n) is 10.2. The van der Waals surface area contributed by atoms with Gasteiger partial charge < -0.3 is 10.2 Å². The summed E-state index contributed by atoms with van der Waals surface area (Å²) in [6.45, 7) is 0. The molecule has 0 aliphatic carbocycles. The number of furan rings is 1. The van der Waals surface area contributed by atoms with Crippen molar-refractivity contribution < 1.29 is 4.42 Å². The first kappa shape index (κ1) is 13.6. The third-order valence-corrected chi connectivity index (χ3v) is 2.91. The second kappa shape index (κ2) is 5.86. The summed E-state index contributed by atoms with van der Waals surface area (Å²) in [5.41, 5.74) is 6.32. The Kier molecular flexibility index (Phi) is 4.19. The number of nitrogens with two attached hydrogens (primary N) is 1. The fraction of sp³-hybridized carbons (Fsp3) is 0.0769. The van der Waals surface area contributed by atoms with Gasteiger partial charge in [-0.15, -0.1) is 0 Å². The first-order valence-electron chi connectivity index (χ1n) is 5.49. The molecule has 0 unspecified atom stereocenters. The van der Waals surface area contributed by atoms with Gasteiger partial charge in [-0.3, -0.25) is 0 Å². The van der Waals surface area contributed by atoms with Crippen LogP contribution in [0.3, 0.4) is 0 Å². The van der Waals surface area contributed by atoms with Crippen molar-refractivity contribution in [2.75, 3.05) is 7.05 Å². The van der Waals surface area contributed by atoms with Crippen molar-refractivity contribution in [3.05, 3.63) is 47.2 Å². The highest BCUT2D eigenvalue weighted by atomic mass is 35.5. The quantitative estimate of drug-likeness (QED) is 0.537. The van der Waals surface area contributed by atoms with Gasteiger partial charge in [-0.2, -0.15) is 5.10 Å². The molecule has 2 aromatic rings. The molecule has 1 heterocycles. The topological polar surface area (TPSA) is 54.8 Å². The van der Waals surface area contributed by atoms with E-state index in [2.05, 4.69) is 5.10 Å². The monoisotopic (exact) mass is 293 g/mol. The Balaban J connectivity index is 2.18. The van der Waals surface area contributed by atoms with Crippen LogP contribution < -0.4 is 5.73 Å². The maximum Gasteiger partial charge on any atom is 0.186 e. The Hall–Kier alpha value is -1.85. The van der Waals surface area contributed by atoms with Crippen LogP contribution in [0.5, 0.6) is 0 Å². The molecule has 0 spiro atoms. The molecule has 1 aromatic carbocycles. The van der Waals surface area contributed by atoms with Gasteiger partial charge in [-0.1, -0.05) is 23.7 Å². The predicted octanol–water partition coefficient (Wildman–Crippen LogP) is 3.11. The molecule has 0 saturated carbocycles. The average molecular weight is 294 g/mol. The number of hydrazone groups is 1. The van der Waals surface area contributed by atoms with E-state index in [0.29, 0.717) is 10.8 Å². The molecule has 0 atom stereocenters. The summed E-state index contributed by atoms with van der Waals surface area (Å²) in [6, 6.07) is 11.1. The number of hydrogen-bond acceptors (Lipinski definition) is 3. The number of hydrogen-bond donors (Lipinski definition) is 1. The van der Waals surface area contributed by atoms with Crippen molar-refractivity contribution >= 4 is 35.1 Å². The highest BCUT2D eigenvalue weighted by Crippen LogP contribution is 2.24. The minimum absolute atomic E-state index is 0.192. The van der Waals surface area contributed by atoms with Crippen LogP contribution in [0.4, 0.5) is 0 Å². The third-order valence-electron chi connectivity index (χ3n) is 2.41. The normalized spacial score (nSPS) is 10.8. The third kappa shape index (κ3) is 3.56. The summed E-state index contributed by atoms with van der Waals surface area (Å²) < 4.78 is 5.64. The number of thiocarbonyl (C=S) groups is 1. The number of benzene rings is 1. The molecule has 98 valence electrons. The van der Waals surface area contributed by atoms with E-state index >= 15 is 0 Å². The standard InChI is InChI=1S/C13H12ClN3OS/c1-17(13(15)19)16-8-11-5-6-12(18-11)9-3-2-4-10(14)7-9/h2-8H,1H3,(H2,15,19). The van der Waals surface area contributed by atoms with Crippen molar-refractivity contribution in [2.24, 2.45) is 10.8 Å². The second-order valence-electron chi connectivity index (χ2n) is 3.82. The van der Waals surface area contributed by atoms with E-state index in [0.717, 1.165) is 11.3 Å². The van der Waals surface area contributed by atoms with E-state index in [9.17, 15) is 0 Å². The van der Waals surface area contributed by atoms with Crippen LogP contribution in [0.1, 0.15) is 5.76 Å². The van der Waals surface area contributed by atoms with Gasteiger partial charge >= 0.3 is 0 Å². The van der Waals surface area contributed by atoms with E-state index in [1.54, 1.807) is 13.3 Å². The Bertz CT molecular complexity index is 624. The molecule has 0 saturated heterocycles. The molecule has 0 amide bonds. The van der Waals surface area contributed by atoms with Crippen LogP contribution in [0, 0.1) is 0 Å². The Labute approximate surface area is 121 Å². The van der Waals surface area contributed by atoms with Crippen LogP contribution in [0.2, 0.25) is 5.02 Å². The summed E-state index contributed by atoms with van der Waals surface area (Å²) in [4.78, 5) is 0. The van der Waals surface area contributed by atoms with E-state index < -0.39 is 0 Å². The van der Waals surface area contributed by atoms with Gasteiger partial charge in [0.1, 0.15) is 11.5 Å². The zero-order valence-corrected chi connectivity index (χ0v) is 11.8. The molecule has 2 rings (SSSR count). The molecule has 19 heavy (non-hydrogen) atoms. The van der Waals surface area contributed by atoms with Crippen molar-refractivity contribution in [2.45, 2.75) is 0 Å². The summed E-state index contributed by atoms with van der Waals surface area (Å²) in [7, 11) is 1.67. The first-order chi connectivity index (χ1) is 9.06. The van der Waals surface area contributed by atoms with Crippen molar-refractivity contribution in [3.8, 4) is 11.3 Å². The predicted molar refractivity (Wildman–Crippen MR) is 81.3 cm³/mol. The SMILES string of the molecule is CN(N=Cc1ccc(-c2cccc(Cl)c2)o1)C(N)=S. The van der Waals surface area contributed by atoms with Gasteiger partial charge in [-0.25, -0.2) is 5.01 Å². The van der Waals surface area contributed by atoms with Crippen LogP contribution >= 0.6 is 23.8 Å². The molecular weight excluding hydrogens is 282 g/mol. The summed E-state index contributed by atoms with van der Waals surface area (Å²) in [6.07, 6.45) is 1.55. The maximum atomic E-state index is 5.94. The van der Waals surface area contributed by atoms with Crippen LogP contribution in [-0.2, 0) is 0 Å². The van der Waals surface area contributed by atoms with Gasteiger partial charge in [0, 0.05) is 17.6 Å². The summed E-state index contributed by atoms with van der Waals surface area (Å²) in [5, 5.41) is 6.28. The molecule has 2 N–H and O–H groups in total. The Morgan fingerprint density at radius 3 is 2.89 bits per heavy atom. The zero-order chi connectivity index (χ0) is 13.8. The minimum atomic E-state index is 0.192. The minimum Gasteiger partial charge on any atom is -0.455 e. The van der Waals surface area contributed by atoms with Crippen molar-refractivity contribution in [3.63, 3.8) is 0 Å². The lowest BCUT2D eigenvalue weighted by Crippen LogP contribution is -2.26. The molecule has 6 heteroatoms. The molecule has 0 aliphatic rings. The lowest BCUT2D eigenvalue weighted by molar-refractivity contribution is 0.540. The van der Waals surface area contributed by atoms with Gasteiger partial charge in [-0.05, 0) is 36.5 Å². The van der Waals surface area contributed by atoms with Crippen LogP contribution in [0.25, 0.3) is 11.3 Å². The molecule has 0 radical (unpaired) electrons. The fourth-order valence-corrected chi connectivity index (χ4v) is 1.66. The summed E-state index contributed by atoms with van der Waals surface area (Å²) >= 11 is 10.7. The molecule has 0 bridgehead atoms. The van der Waals surface area contributed by atoms with Crippen molar-refractivity contribution in [1.29, 1.82) is 0 Å². The molecule has 1 aromatic heterocycles. The van der Waals surface area contributed by atoms with E-state index in [1.807, 2.05) is 36.4 Å². The highest BCUT2D eigenvalue weighted by molar-refractivity contribution is 7.80. The van der Waals surface area contributed by atoms with Crippen LogP contribution in [-0.4, -0.2) is 23.4 Å².